The second-order valence-corrected chi connectivity index (χ2v) is 9.09. The number of benzene rings is 2. The maximum absolute atomic E-state index is 10.6. The summed E-state index contributed by atoms with van der Waals surface area (Å²) >= 11 is 0. The highest BCUT2D eigenvalue weighted by atomic mass is 16.6. The molecule has 1 fully saturated rings. The molecule has 1 saturated carbocycles. The number of carbonyl (C=O) groups is 1. The lowest BCUT2D eigenvalue weighted by atomic mass is 9.82. The van der Waals surface area contributed by atoms with Crippen LogP contribution in [0.5, 0.6) is 5.75 Å². The predicted octanol–water partition coefficient (Wildman–Crippen LogP) is 5.31. The molecule has 0 unspecified atom stereocenters. The van der Waals surface area contributed by atoms with Gasteiger partial charge in [-0.25, -0.2) is 0 Å². The van der Waals surface area contributed by atoms with Crippen LogP contribution in [-0.4, -0.2) is 29.9 Å². The largest absolute Gasteiger partial charge is 0.492 e. The van der Waals surface area contributed by atoms with Crippen LogP contribution in [0.3, 0.4) is 0 Å². The molecule has 0 radical (unpaired) electrons. The molecule has 1 aliphatic heterocycles. The van der Waals surface area contributed by atoms with Gasteiger partial charge in [-0.1, -0.05) is 48.7 Å². The SMILES string of the molecule is Cc1cc(CON=C2CCOc3cc(CNCCC(=O)O)ccc32)ccc1C1CCCCC1. The van der Waals surface area contributed by atoms with E-state index in [4.69, 9.17) is 14.7 Å². The standard InChI is InChI=1S/C27H34N2O4/c1-19-15-21(8-9-23(19)22-5-3-2-4-6-22)18-33-29-25-12-14-32-26-16-20(7-10-24(25)26)17-28-13-11-27(30)31/h7-10,15-16,22,28H,2-6,11-14,17-18H2,1H3,(H,30,31). The number of fused-ring (bicyclic) bond motifs is 1. The number of aryl methyl sites for hydroxylation is 1. The zero-order valence-electron chi connectivity index (χ0n) is 19.4. The van der Waals surface area contributed by atoms with Crippen LogP contribution in [0.4, 0.5) is 0 Å². The molecule has 33 heavy (non-hydrogen) atoms. The Kier molecular flexibility index (Phi) is 8.00. The number of rotatable bonds is 9. The summed E-state index contributed by atoms with van der Waals surface area (Å²) in [5.74, 6) is 0.714. The van der Waals surface area contributed by atoms with Crippen LogP contribution < -0.4 is 10.1 Å². The second-order valence-electron chi connectivity index (χ2n) is 9.09. The normalized spacial score (nSPS) is 17.4. The summed E-state index contributed by atoms with van der Waals surface area (Å²) in [6.45, 7) is 4.28. The van der Waals surface area contributed by atoms with E-state index in [1.54, 1.807) is 0 Å². The van der Waals surface area contributed by atoms with Gasteiger partial charge >= 0.3 is 5.97 Å². The summed E-state index contributed by atoms with van der Waals surface area (Å²) in [5, 5.41) is 16.3. The summed E-state index contributed by atoms with van der Waals surface area (Å²) in [4.78, 5) is 16.4. The highest BCUT2D eigenvalue weighted by Crippen LogP contribution is 2.34. The van der Waals surface area contributed by atoms with E-state index in [9.17, 15) is 4.79 Å². The zero-order valence-corrected chi connectivity index (χ0v) is 19.4. The molecular formula is C27H34N2O4. The first-order valence-electron chi connectivity index (χ1n) is 12.1. The molecule has 0 bridgehead atoms. The molecule has 1 aliphatic carbocycles. The monoisotopic (exact) mass is 450 g/mol. The van der Waals surface area contributed by atoms with E-state index in [-0.39, 0.29) is 6.42 Å². The van der Waals surface area contributed by atoms with E-state index in [0.29, 0.717) is 38.6 Å². The number of nitrogens with zero attached hydrogens (tertiary/aromatic N) is 1. The van der Waals surface area contributed by atoms with E-state index in [1.165, 1.54) is 43.2 Å². The fourth-order valence-electron chi connectivity index (χ4n) is 4.83. The summed E-state index contributed by atoms with van der Waals surface area (Å²) in [7, 11) is 0. The lowest BCUT2D eigenvalue weighted by molar-refractivity contribution is -0.136. The highest BCUT2D eigenvalue weighted by Gasteiger charge is 2.19. The van der Waals surface area contributed by atoms with Gasteiger partial charge in [0.1, 0.15) is 12.4 Å². The van der Waals surface area contributed by atoms with Gasteiger partial charge in [0.05, 0.1) is 18.7 Å². The Balaban J connectivity index is 1.34. The lowest BCUT2D eigenvalue weighted by Crippen LogP contribution is -2.19. The maximum Gasteiger partial charge on any atom is 0.304 e. The average molecular weight is 451 g/mol. The molecule has 6 nitrogen and oxygen atoms in total. The zero-order chi connectivity index (χ0) is 23.0. The summed E-state index contributed by atoms with van der Waals surface area (Å²) < 4.78 is 5.83. The van der Waals surface area contributed by atoms with E-state index in [0.717, 1.165) is 28.2 Å². The molecule has 2 N–H and O–H groups in total. The van der Waals surface area contributed by atoms with E-state index in [2.05, 4.69) is 35.6 Å². The number of hydrogen-bond acceptors (Lipinski definition) is 5. The summed E-state index contributed by atoms with van der Waals surface area (Å²) in [5.41, 5.74) is 6.91. The minimum atomic E-state index is -0.799. The molecule has 4 rings (SSSR count). The molecule has 1 heterocycles. The molecule has 0 amide bonds. The molecular weight excluding hydrogens is 416 g/mol. The third-order valence-corrected chi connectivity index (χ3v) is 6.58. The maximum atomic E-state index is 10.6. The Labute approximate surface area is 196 Å². The van der Waals surface area contributed by atoms with Gasteiger partial charge < -0.3 is 20.0 Å². The van der Waals surface area contributed by atoms with Crippen LogP contribution in [0.1, 0.15) is 78.7 Å². The third kappa shape index (κ3) is 6.35. The van der Waals surface area contributed by atoms with Crippen molar-refractivity contribution in [1.29, 1.82) is 0 Å². The van der Waals surface area contributed by atoms with Gasteiger partial charge in [0.15, 0.2) is 0 Å². The summed E-state index contributed by atoms with van der Waals surface area (Å²) in [6.07, 6.45) is 7.51. The number of carboxylic acid groups (broad SMARTS) is 1. The van der Waals surface area contributed by atoms with Crippen molar-refractivity contribution in [2.45, 2.75) is 70.9 Å². The van der Waals surface area contributed by atoms with Crippen LogP contribution in [0, 0.1) is 6.92 Å². The van der Waals surface area contributed by atoms with Crippen molar-refractivity contribution >= 4 is 11.7 Å². The Morgan fingerprint density at radius 1 is 1.15 bits per heavy atom. The fraction of sp³-hybridized carbons (Fsp3) is 0.481. The molecule has 2 aromatic rings. The van der Waals surface area contributed by atoms with Crippen molar-refractivity contribution in [2.75, 3.05) is 13.2 Å². The van der Waals surface area contributed by atoms with Crippen LogP contribution in [-0.2, 0) is 22.8 Å². The number of carboxylic acids is 1. The average Bonchev–Trinajstić information content (AvgIpc) is 2.82. The molecule has 0 aromatic heterocycles. The molecule has 2 aliphatic rings. The topological polar surface area (TPSA) is 80.2 Å². The van der Waals surface area contributed by atoms with Crippen molar-refractivity contribution in [1.82, 2.24) is 5.32 Å². The highest BCUT2D eigenvalue weighted by molar-refractivity contribution is 6.03. The van der Waals surface area contributed by atoms with E-state index < -0.39 is 5.97 Å². The Morgan fingerprint density at radius 2 is 1.97 bits per heavy atom. The lowest BCUT2D eigenvalue weighted by Gasteiger charge is -2.24. The number of nitrogens with one attached hydrogen (secondary N) is 1. The quantitative estimate of drug-likeness (QED) is 0.400. The van der Waals surface area contributed by atoms with Crippen LogP contribution in [0.2, 0.25) is 0 Å². The molecule has 0 spiro atoms. The number of hydrogen-bond donors (Lipinski definition) is 2. The number of aliphatic carboxylic acids is 1. The first kappa shape index (κ1) is 23.3. The van der Waals surface area contributed by atoms with Crippen LogP contribution >= 0.6 is 0 Å². The molecule has 0 atom stereocenters. The van der Waals surface area contributed by atoms with Crippen LogP contribution in [0.15, 0.2) is 41.6 Å². The fourth-order valence-corrected chi connectivity index (χ4v) is 4.83. The van der Waals surface area contributed by atoms with Gasteiger partial charge in [0.25, 0.3) is 0 Å². The van der Waals surface area contributed by atoms with Gasteiger partial charge in [-0.3, -0.25) is 4.79 Å². The molecule has 0 saturated heterocycles. The summed E-state index contributed by atoms with van der Waals surface area (Å²) in [6, 6.07) is 12.7. The van der Waals surface area contributed by atoms with Crippen molar-refractivity contribution in [3.63, 3.8) is 0 Å². The Bertz CT molecular complexity index is 996. The first-order valence-corrected chi connectivity index (χ1v) is 12.1. The van der Waals surface area contributed by atoms with E-state index in [1.807, 2.05) is 18.2 Å². The number of oxime groups is 1. The number of ether oxygens (including phenoxy) is 1. The smallest absolute Gasteiger partial charge is 0.304 e. The molecule has 2 aromatic carbocycles. The Morgan fingerprint density at radius 3 is 2.76 bits per heavy atom. The first-order chi connectivity index (χ1) is 16.1. The van der Waals surface area contributed by atoms with Gasteiger partial charge in [0, 0.05) is 25.1 Å². The van der Waals surface area contributed by atoms with Crippen molar-refractivity contribution in [2.24, 2.45) is 5.16 Å². The van der Waals surface area contributed by atoms with Gasteiger partial charge in [0.2, 0.25) is 0 Å². The third-order valence-electron chi connectivity index (χ3n) is 6.58. The van der Waals surface area contributed by atoms with Crippen molar-refractivity contribution in [3.8, 4) is 5.75 Å². The Hall–Kier alpha value is -2.86. The van der Waals surface area contributed by atoms with Gasteiger partial charge in [-0.05, 0) is 60.1 Å². The molecule has 6 heteroatoms. The predicted molar refractivity (Wildman–Crippen MR) is 129 cm³/mol. The van der Waals surface area contributed by atoms with Crippen LogP contribution in [0.25, 0.3) is 0 Å². The van der Waals surface area contributed by atoms with Gasteiger partial charge in [-0.2, -0.15) is 0 Å². The van der Waals surface area contributed by atoms with Crippen molar-refractivity contribution in [3.05, 3.63) is 64.2 Å². The minimum absolute atomic E-state index is 0.110. The minimum Gasteiger partial charge on any atom is -0.492 e. The molecule has 176 valence electrons. The van der Waals surface area contributed by atoms with E-state index >= 15 is 0 Å². The van der Waals surface area contributed by atoms with Crippen molar-refractivity contribution < 1.29 is 19.5 Å². The second kappa shape index (κ2) is 11.3. The van der Waals surface area contributed by atoms with Gasteiger partial charge in [-0.15, -0.1) is 0 Å².